The summed E-state index contributed by atoms with van der Waals surface area (Å²) in [6, 6.07) is 0. The van der Waals surface area contributed by atoms with Gasteiger partial charge in [0.1, 0.15) is 0 Å². The molecule has 3 N–H and O–H groups in total. The molecule has 0 spiro atoms. The lowest BCUT2D eigenvalue weighted by Crippen LogP contribution is -2.38. The summed E-state index contributed by atoms with van der Waals surface area (Å²) >= 11 is 0. The maximum atomic E-state index is 3.46. The molecule has 0 saturated heterocycles. The van der Waals surface area contributed by atoms with Gasteiger partial charge in [-0.05, 0) is 26.8 Å². The predicted octanol–water partition coefficient (Wildman–Crippen LogP) is 1.74. The van der Waals surface area contributed by atoms with Crippen LogP contribution in [0.25, 0.3) is 0 Å². The van der Waals surface area contributed by atoms with Gasteiger partial charge in [0, 0.05) is 5.54 Å². The first-order valence-electron chi connectivity index (χ1n) is 4.37. The molecule has 0 radical (unpaired) electrons. The van der Waals surface area contributed by atoms with Crippen molar-refractivity contribution in [2.45, 2.75) is 52.5 Å². The van der Waals surface area contributed by atoms with Crippen LogP contribution in [0.3, 0.4) is 0 Å². The van der Waals surface area contributed by atoms with Crippen molar-refractivity contribution in [3.05, 3.63) is 0 Å². The van der Waals surface area contributed by atoms with Gasteiger partial charge in [-0.25, -0.2) is 0 Å². The summed E-state index contributed by atoms with van der Waals surface area (Å²) in [5.74, 6) is 0. The van der Waals surface area contributed by atoms with E-state index in [1.165, 1.54) is 19.3 Å². The van der Waals surface area contributed by atoms with Crippen LogP contribution in [0.2, 0.25) is 0 Å². The fraction of sp³-hybridized carbons (Fsp3) is 1.00. The highest BCUT2D eigenvalue weighted by atomic mass is 16.0. The smallest absolute Gasteiger partial charge is 0.0125 e. The fourth-order valence-electron chi connectivity index (χ4n) is 1.19. The van der Waals surface area contributed by atoms with Crippen LogP contribution in [0.1, 0.15) is 47.0 Å². The molecule has 0 aromatic carbocycles. The van der Waals surface area contributed by atoms with Crippen molar-refractivity contribution in [2.75, 3.05) is 6.54 Å². The lowest BCUT2D eigenvalue weighted by atomic mass is 9.98. The second-order valence-corrected chi connectivity index (χ2v) is 3.52. The largest absolute Gasteiger partial charge is 0.412 e. The van der Waals surface area contributed by atoms with E-state index in [-0.39, 0.29) is 5.48 Å². The van der Waals surface area contributed by atoms with Crippen LogP contribution in [0.15, 0.2) is 0 Å². The van der Waals surface area contributed by atoms with Gasteiger partial charge in [0.05, 0.1) is 0 Å². The first-order valence-corrected chi connectivity index (χ1v) is 4.37. The Morgan fingerprint density at radius 3 is 2.09 bits per heavy atom. The zero-order valence-electron chi connectivity index (χ0n) is 8.33. The van der Waals surface area contributed by atoms with E-state index in [0.717, 1.165) is 6.54 Å². The third-order valence-electron chi connectivity index (χ3n) is 1.81. The molecule has 0 unspecified atom stereocenters. The normalized spacial score (nSPS) is 10.9. The molecule has 0 aromatic rings. The maximum Gasteiger partial charge on any atom is 0.0125 e. The van der Waals surface area contributed by atoms with Crippen LogP contribution in [0.5, 0.6) is 0 Å². The SMILES string of the molecule is CCCCC(C)(C)NCC.O. The molecule has 0 aromatic heterocycles. The van der Waals surface area contributed by atoms with Crippen molar-refractivity contribution < 1.29 is 5.48 Å². The Morgan fingerprint density at radius 1 is 1.18 bits per heavy atom. The number of hydrogen-bond acceptors (Lipinski definition) is 1. The van der Waals surface area contributed by atoms with Gasteiger partial charge < -0.3 is 10.8 Å². The predicted molar refractivity (Wildman–Crippen MR) is 50.9 cm³/mol. The first-order chi connectivity index (χ1) is 4.62. The van der Waals surface area contributed by atoms with Crippen molar-refractivity contribution in [1.29, 1.82) is 0 Å². The Bertz CT molecular complexity index is 81.6. The van der Waals surface area contributed by atoms with E-state index in [2.05, 4.69) is 33.0 Å². The van der Waals surface area contributed by atoms with Crippen molar-refractivity contribution in [3.8, 4) is 0 Å². The second-order valence-electron chi connectivity index (χ2n) is 3.52. The van der Waals surface area contributed by atoms with Crippen molar-refractivity contribution in [3.63, 3.8) is 0 Å². The van der Waals surface area contributed by atoms with E-state index in [9.17, 15) is 0 Å². The highest BCUT2D eigenvalue weighted by molar-refractivity contribution is 4.75. The van der Waals surface area contributed by atoms with Crippen LogP contribution in [-0.2, 0) is 0 Å². The van der Waals surface area contributed by atoms with E-state index in [1.807, 2.05) is 0 Å². The summed E-state index contributed by atoms with van der Waals surface area (Å²) < 4.78 is 0. The van der Waals surface area contributed by atoms with Gasteiger partial charge in [0.2, 0.25) is 0 Å². The van der Waals surface area contributed by atoms with Crippen molar-refractivity contribution in [1.82, 2.24) is 5.32 Å². The Balaban J connectivity index is 0. The van der Waals surface area contributed by atoms with Gasteiger partial charge in [-0.2, -0.15) is 0 Å². The van der Waals surface area contributed by atoms with Crippen molar-refractivity contribution in [2.24, 2.45) is 0 Å². The summed E-state index contributed by atoms with van der Waals surface area (Å²) in [6.45, 7) is 10.0. The van der Waals surface area contributed by atoms with Gasteiger partial charge in [-0.15, -0.1) is 0 Å². The van der Waals surface area contributed by atoms with Crippen LogP contribution in [0, 0.1) is 0 Å². The second kappa shape index (κ2) is 6.62. The molecule has 70 valence electrons. The number of nitrogens with one attached hydrogen (secondary N) is 1. The average molecular weight is 161 g/mol. The van der Waals surface area contributed by atoms with Crippen LogP contribution >= 0.6 is 0 Å². The highest BCUT2D eigenvalue weighted by Gasteiger charge is 2.13. The Kier molecular flexibility index (Phi) is 8.13. The Labute approximate surface area is 70.7 Å². The molecule has 0 atom stereocenters. The molecule has 0 fully saturated rings. The molecule has 0 heterocycles. The molecular formula is C9H23NO. The summed E-state index contributed by atoms with van der Waals surface area (Å²) in [7, 11) is 0. The molecule has 0 aliphatic carbocycles. The minimum Gasteiger partial charge on any atom is -0.412 e. The lowest BCUT2D eigenvalue weighted by molar-refractivity contribution is 0.360. The maximum absolute atomic E-state index is 3.46. The molecule has 2 heteroatoms. The zero-order valence-corrected chi connectivity index (χ0v) is 8.33. The molecule has 11 heavy (non-hydrogen) atoms. The molecule has 0 rings (SSSR count). The van der Waals surface area contributed by atoms with Gasteiger partial charge in [0.25, 0.3) is 0 Å². The van der Waals surface area contributed by atoms with E-state index >= 15 is 0 Å². The highest BCUT2D eigenvalue weighted by Crippen LogP contribution is 2.11. The lowest BCUT2D eigenvalue weighted by Gasteiger charge is -2.25. The monoisotopic (exact) mass is 161 g/mol. The molecule has 0 aliphatic rings. The average Bonchev–Trinajstić information content (AvgIpc) is 1.84. The van der Waals surface area contributed by atoms with Gasteiger partial charge in [0.15, 0.2) is 0 Å². The molecular weight excluding hydrogens is 138 g/mol. The number of hydrogen-bond donors (Lipinski definition) is 1. The summed E-state index contributed by atoms with van der Waals surface area (Å²) in [5, 5.41) is 3.46. The Hall–Kier alpha value is -0.0800. The quantitative estimate of drug-likeness (QED) is 0.655. The van der Waals surface area contributed by atoms with E-state index in [4.69, 9.17) is 0 Å². The number of rotatable bonds is 5. The van der Waals surface area contributed by atoms with E-state index in [0.29, 0.717) is 5.54 Å². The zero-order chi connectivity index (χ0) is 8.04. The van der Waals surface area contributed by atoms with Gasteiger partial charge in [-0.3, -0.25) is 0 Å². The van der Waals surface area contributed by atoms with E-state index < -0.39 is 0 Å². The van der Waals surface area contributed by atoms with E-state index in [1.54, 1.807) is 0 Å². The molecule has 2 nitrogen and oxygen atoms in total. The van der Waals surface area contributed by atoms with Crippen LogP contribution in [0.4, 0.5) is 0 Å². The van der Waals surface area contributed by atoms with Crippen LogP contribution in [-0.4, -0.2) is 17.6 Å². The minimum atomic E-state index is 0. The summed E-state index contributed by atoms with van der Waals surface area (Å²) in [6.07, 6.45) is 3.92. The van der Waals surface area contributed by atoms with Gasteiger partial charge in [-0.1, -0.05) is 26.7 Å². The standard InChI is InChI=1S/C9H21N.H2O/c1-5-7-8-9(3,4)10-6-2;/h10H,5-8H2,1-4H3;1H2. The van der Waals surface area contributed by atoms with Gasteiger partial charge >= 0.3 is 0 Å². The molecule has 0 saturated carbocycles. The Morgan fingerprint density at radius 2 is 1.73 bits per heavy atom. The molecule has 0 aliphatic heterocycles. The molecule has 0 amide bonds. The third-order valence-corrected chi connectivity index (χ3v) is 1.81. The number of unbranched alkanes of at least 4 members (excludes halogenated alkanes) is 1. The molecule has 0 bridgehead atoms. The topological polar surface area (TPSA) is 43.5 Å². The summed E-state index contributed by atoms with van der Waals surface area (Å²) in [5.41, 5.74) is 0.352. The van der Waals surface area contributed by atoms with Crippen molar-refractivity contribution >= 4 is 0 Å². The fourth-order valence-corrected chi connectivity index (χ4v) is 1.19. The van der Waals surface area contributed by atoms with Crippen LogP contribution < -0.4 is 5.32 Å². The summed E-state index contributed by atoms with van der Waals surface area (Å²) in [4.78, 5) is 0. The third kappa shape index (κ3) is 7.82. The minimum absolute atomic E-state index is 0. The first kappa shape index (κ1) is 13.5.